The normalized spacial score (nSPS) is 17.5. The molecule has 172 valence electrons. The second-order valence-corrected chi connectivity index (χ2v) is 9.90. The number of hydrogen-bond donors (Lipinski definition) is 1. The summed E-state index contributed by atoms with van der Waals surface area (Å²) >= 11 is 7.76. The molecule has 0 fully saturated rings. The van der Waals surface area contributed by atoms with E-state index >= 15 is 0 Å². The number of benzene rings is 2. The third-order valence-electron chi connectivity index (χ3n) is 6.09. The van der Waals surface area contributed by atoms with Crippen LogP contribution in [0.1, 0.15) is 28.5 Å². The zero-order chi connectivity index (χ0) is 23.7. The first-order valence-electron chi connectivity index (χ1n) is 10.9. The quantitative estimate of drug-likeness (QED) is 0.413. The van der Waals surface area contributed by atoms with Crippen molar-refractivity contribution < 1.29 is 9.59 Å². The van der Waals surface area contributed by atoms with Gasteiger partial charge in [0.15, 0.2) is 0 Å². The van der Waals surface area contributed by atoms with Gasteiger partial charge in [-0.1, -0.05) is 60.1 Å². The fraction of sp³-hybridized carbons (Fsp3) is 0.192. The molecule has 2 aromatic heterocycles. The van der Waals surface area contributed by atoms with Crippen molar-refractivity contribution in [1.82, 2.24) is 20.0 Å². The van der Waals surface area contributed by atoms with Crippen LogP contribution in [0.15, 0.2) is 78.2 Å². The van der Waals surface area contributed by atoms with E-state index in [-0.39, 0.29) is 24.9 Å². The Balaban J connectivity index is 1.50. The van der Waals surface area contributed by atoms with Crippen molar-refractivity contribution in [2.45, 2.75) is 32.1 Å². The Hall–Kier alpha value is -3.42. The Labute approximate surface area is 206 Å². The second-order valence-electron chi connectivity index (χ2n) is 8.51. The standard InChI is InChI=1S/C26H23ClN4O2S/c1-26(25(33)28-15-18-7-3-2-4-8-18)17-31-22(14-21(29-31)23-11-6-12-34-23)24(32)30(26)16-19-9-5-10-20(27)13-19/h2-14H,15-17H2,1H3,(H,28,33). The average molecular weight is 491 g/mol. The smallest absolute Gasteiger partial charge is 0.273 e. The molecule has 6 nitrogen and oxygen atoms in total. The van der Waals surface area contributed by atoms with Crippen molar-refractivity contribution in [2.24, 2.45) is 0 Å². The molecular formula is C26H23ClN4O2S. The molecule has 1 unspecified atom stereocenters. The first kappa shape index (κ1) is 22.4. The molecule has 0 radical (unpaired) electrons. The number of carbonyl (C=O) groups excluding carboxylic acids is 2. The summed E-state index contributed by atoms with van der Waals surface area (Å²) in [6, 6.07) is 22.8. The van der Waals surface area contributed by atoms with Crippen molar-refractivity contribution in [3.05, 3.63) is 100 Å². The van der Waals surface area contributed by atoms with Crippen LogP contribution in [-0.4, -0.2) is 32.0 Å². The van der Waals surface area contributed by atoms with Crippen LogP contribution in [0.5, 0.6) is 0 Å². The maximum absolute atomic E-state index is 13.7. The predicted molar refractivity (Wildman–Crippen MR) is 134 cm³/mol. The molecule has 5 rings (SSSR count). The van der Waals surface area contributed by atoms with Crippen molar-refractivity contribution in [2.75, 3.05) is 0 Å². The molecule has 0 bridgehead atoms. The molecule has 3 heterocycles. The van der Waals surface area contributed by atoms with Crippen molar-refractivity contribution in [3.63, 3.8) is 0 Å². The average Bonchev–Trinajstić information content (AvgIpc) is 3.51. The van der Waals surface area contributed by atoms with Crippen molar-refractivity contribution in [1.29, 1.82) is 0 Å². The summed E-state index contributed by atoms with van der Waals surface area (Å²) in [5, 5.41) is 10.3. The number of nitrogens with one attached hydrogen (secondary N) is 1. The summed E-state index contributed by atoms with van der Waals surface area (Å²) in [5.74, 6) is -0.468. The summed E-state index contributed by atoms with van der Waals surface area (Å²) in [5.41, 5.74) is 1.91. The third kappa shape index (κ3) is 4.24. The van der Waals surface area contributed by atoms with Gasteiger partial charge in [0.1, 0.15) is 16.9 Å². The molecule has 1 aliphatic rings. The zero-order valence-electron chi connectivity index (χ0n) is 18.6. The van der Waals surface area contributed by atoms with E-state index in [0.29, 0.717) is 17.3 Å². The highest BCUT2D eigenvalue weighted by Crippen LogP contribution is 2.33. The fourth-order valence-electron chi connectivity index (χ4n) is 4.22. The molecule has 0 aliphatic carbocycles. The number of halogens is 1. The Morgan fingerprint density at radius 2 is 1.88 bits per heavy atom. The highest BCUT2D eigenvalue weighted by molar-refractivity contribution is 7.13. The van der Waals surface area contributed by atoms with E-state index in [4.69, 9.17) is 11.6 Å². The molecule has 0 saturated carbocycles. The van der Waals surface area contributed by atoms with E-state index in [2.05, 4.69) is 10.4 Å². The SMILES string of the molecule is CC1(C(=O)NCc2ccccc2)Cn2nc(-c3cccs3)cc2C(=O)N1Cc1cccc(Cl)c1. The van der Waals surface area contributed by atoms with Crippen LogP contribution in [0.3, 0.4) is 0 Å². The summed E-state index contributed by atoms with van der Waals surface area (Å²) in [4.78, 5) is 29.9. The van der Waals surface area contributed by atoms with Gasteiger partial charge in [-0.2, -0.15) is 5.10 Å². The first-order chi connectivity index (χ1) is 16.4. The number of amides is 2. The molecule has 4 aromatic rings. The van der Waals surface area contributed by atoms with E-state index in [1.54, 1.807) is 40.0 Å². The highest BCUT2D eigenvalue weighted by atomic mass is 35.5. The highest BCUT2D eigenvalue weighted by Gasteiger charge is 2.48. The van der Waals surface area contributed by atoms with Gasteiger partial charge in [-0.3, -0.25) is 14.3 Å². The monoisotopic (exact) mass is 490 g/mol. The van der Waals surface area contributed by atoms with Gasteiger partial charge in [-0.15, -0.1) is 11.3 Å². The lowest BCUT2D eigenvalue weighted by Crippen LogP contribution is -2.63. The van der Waals surface area contributed by atoms with E-state index in [1.165, 1.54) is 0 Å². The van der Waals surface area contributed by atoms with Gasteiger partial charge in [0.2, 0.25) is 5.91 Å². The molecule has 1 aliphatic heterocycles. The molecule has 2 amide bonds. The zero-order valence-corrected chi connectivity index (χ0v) is 20.1. The molecular weight excluding hydrogens is 468 g/mol. The number of carbonyl (C=O) groups is 2. The molecule has 0 saturated heterocycles. The van der Waals surface area contributed by atoms with Crippen LogP contribution >= 0.6 is 22.9 Å². The van der Waals surface area contributed by atoms with Crippen LogP contribution in [0.25, 0.3) is 10.6 Å². The Morgan fingerprint density at radius 3 is 2.62 bits per heavy atom. The number of thiophene rings is 1. The number of rotatable bonds is 6. The van der Waals surface area contributed by atoms with Gasteiger partial charge in [-0.25, -0.2) is 0 Å². The number of hydrogen-bond acceptors (Lipinski definition) is 4. The maximum Gasteiger partial charge on any atom is 0.273 e. The van der Waals surface area contributed by atoms with Crippen LogP contribution in [0, 0.1) is 0 Å². The van der Waals surface area contributed by atoms with E-state index < -0.39 is 5.54 Å². The van der Waals surface area contributed by atoms with Gasteiger partial charge in [0.05, 0.1) is 11.4 Å². The molecule has 0 spiro atoms. The largest absolute Gasteiger partial charge is 0.350 e. The van der Waals surface area contributed by atoms with Gasteiger partial charge in [0, 0.05) is 18.1 Å². The molecule has 8 heteroatoms. The topological polar surface area (TPSA) is 67.2 Å². The van der Waals surface area contributed by atoms with Gasteiger partial charge in [0.25, 0.3) is 5.91 Å². The summed E-state index contributed by atoms with van der Waals surface area (Å²) in [7, 11) is 0. The number of fused-ring (bicyclic) bond motifs is 1. The molecule has 34 heavy (non-hydrogen) atoms. The first-order valence-corrected chi connectivity index (χ1v) is 12.2. The van der Waals surface area contributed by atoms with E-state index in [1.807, 2.05) is 66.0 Å². The fourth-order valence-corrected chi connectivity index (χ4v) is 5.11. The van der Waals surface area contributed by atoms with E-state index in [0.717, 1.165) is 21.7 Å². The Kier molecular flexibility index (Phi) is 5.98. The van der Waals surface area contributed by atoms with Crippen LogP contribution in [0.4, 0.5) is 0 Å². The minimum Gasteiger partial charge on any atom is -0.350 e. The van der Waals surface area contributed by atoms with Gasteiger partial charge < -0.3 is 10.2 Å². The summed E-state index contributed by atoms with van der Waals surface area (Å²) < 4.78 is 1.66. The maximum atomic E-state index is 13.7. The third-order valence-corrected chi connectivity index (χ3v) is 7.21. The van der Waals surface area contributed by atoms with Crippen molar-refractivity contribution >= 4 is 34.8 Å². The Morgan fingerprint density at radius 1 is 1.09 bits per heavy atom. The van der Waals surface area contributed by atoms with Gasteiger partial charge >= 0.3 is 0 Å². The van der Waals surface area contributed by atoms with Crippen LogP contribution < -0.4 is 5.32 Å². The number of nitrogens with zero attached hydrogens (tertiary/aromatic N) is 3. The number of aromatic nitrogens is 2. The molecule has 1 N–H and O–H groups in total. The predicted octanol–water partition coefficient (Wildman–Crippen LogP) is 5.00. The van der Waals surface area contributed by atoms with Crippen LogP contribution in [-0.2, 0) is 24.4 Å². The summed E-state index contributed by atoms with van der Waals surface area (Å²) in [6.45, 7) is 2.68. The lowest BCUT2D eigenvalue weighted by Gasteiger charge is -2.43. The minimum absolute atomic E-state index is 0.231. The van der Waals surface area contributed by atoms with Crippen LogP contribution in [0.2, 0.25) is 5.02 Å². The lowest BCUT2D eigenvalue weighted by molar-refractivity contribution is -0.133. The van der Waals surface area contributed by atoms with Gasteiger partial charge in [-0.05, 0) is 47.7 Å². The second kappa shape index (κ2) is 9.08. The Bertz CT molecular complexity index is 1340. The van der Waals surface area contributed by atoms with E-state index in [9.17, 15) is 9.59 Å². The van der Waals surface area contributed by atoms with Crippen molar-refractivity contribution in [3.8, 4) is 10.6 Å². The summed E-state index contributed by atoms with van der Waals surface area (Å²) in [6.07, 6.45) is 0. The molecule has 2 aromatic carbocycles. The molecule has 1 atom stereocenters. The lowest BCUT2D eigenvalue weighted by atomic mass is 9.94. The minimum atomic E-state index is -1.14.